The molecule has 137 valence electrons. The fourth-order valence-electron chi connectivity index (χ4n) is 2.19. The molecule has 0 fully saturated rings. The highest BCUT2D eigenvalue weighted by Crippen LogP contribution is 2.21. The van der Waals surface area contributed by atoms with Crippen LogP contribution in [0.1, 0.15) is 85.5 Å². The van der Waals surface area contributed by atoms with Gasteiger partial charge in [-0.25, -0.2) is 0 Å². The van der Waals surface area contributed by atoms with Crippen LogP contribution in [0.4, 0.5) is 0 Å². The van der Waals surface area contributed by atoms with Crippen LogP contribution in [0.25, 0.3) is 0 Å². The Morgan fingerprint density at radius 3 is 2.17 bits per heavy atom. The maximum atomic E-state index is 11.8. The summed E-state index contributed by atoms with van der Waals surface area (Å²) in [6.07, 6.45) is 9.71. The van der Waals surface area contributed by atoms with Crippen molar-refractivity contribution in [3.8, 4) is 0 Å². The smallest absolute Gasteiger partial charge is 0.387 e. The first kappa shape index (κ1) is 23.2. The average molecular weight is 362 g/mol. The van der Waals surface area contributed by atoms with Crippen molar-refractivity contribution in [2.45, 2.75) is 91.0 Å². The SMILES string of the molecule is CCCCCCC(=O)SCCCC(C)[Si](OCCC)OCCC. The molecule has 1 unspecified atom stereocenters. The second-order valence-corrected chi connectivity index (χ2v) is 9.44. The monoisotopic (exact) mass is 361 g/mol. The van der Waals surface area contributed by atoms with Crippen LogP contribution >= 0.6 is 11.8 Å². The van der Waals surface area contributed by atoms with Gasteiger partial charge in [-0.05, 0) is 32.1 Å². The van der Waals surface area contributed by atoms with Gasteiger partial charge in [0.15, 0.2) is 5.12 Å². The summed E-state index contributed by atoms with van der Waals surface area (Å²) < 4.78 is 11.8. The van der Waals surface area contributed by atoms with Gasteiger partial charge in [-0.15, -0.1) is 0 Å². The van der Waals surface area contributed by atoms with Gasteiger partial charge < -0.3 is 8.85 Å². The summed E-state index contributed by atoms with van der Waals surface area (Å²) in [6.45, 7) is 10.3. The third-order valence-corrected chi connectivity index (χ3v) is 6.67. The quantitative estimate of drug-likeness (QED) is 0.260. The molecule has 0 spiro atoms. The Bertz CT molecular complexity index is 269. The van der Waals surface area contributed by atoms with E-state index in [0.29, 0.717) is 10.7 Å². The van der Waals surface area contributed by atoms with Crippen molar-refractivity contribution in [3.63, 3.8) is 0 Å². The number of carbonyl (C=O) groups excluding carboxylic acids is 1. The summed E-state index contributed by atoms with van der Waals surface area (Å²) in [5, 5.41) is 0.365. The third-order valence-electron chi connectivity index (χ3n) is 3.58. The van der Waals surface area contributed by atoms with Crippen LogP contribution in [-0.4, -0.2) is 33.4 Å². The Hall–Kier alpha value is 0.157. The van der Waals surface area contributed by atoms with Crippen molar-refractivity contribution < 1.29 is 13.6 Å². The Labute approximate surface area is 150 Å². The van der Waals surface area contributed by atoms with Gasteiger partial charge >= 0.3 is 9.28 Å². The van der Waals surface area contributed by atoms with Crippen molar-refractivity contribution in [1.82, 2.24) is 0 Å². The van der Waals surface area contributed by atoms with E-state index in [0.717, 1.165) is 57.5 Å². The van der Waals surface area contributed by atoms with E-state index in [1.807, 2.05) is 0 Å². The van der Waals surface area contributed by atoms with E-state index in [-0.39, 0.29) is 0 Å². The van der Waals surface area contributed by atoms with Gasteiger partial charge in [-0.1, -0.05) is 58.7 Å². The van der Waals surface area contributed by atoms with Gasteiger partial charge in [0.2, 0.25) is 0 Å². The number of hydrogen-bond acceptors (Lipinski definition) is 4. The molecule has 0 aromatic heterocycles. The maximum absolute atomic E-state index is 11.8. The highest BCUT2D eigenvalue weighted by atomic mass is 32.2. The normalized spacial score (nSPS) is 12.7. The van der Waals surface area contributed by atoms with E-state index >= 15 is 0 Å². The lowest BCUT2D eigenvalue weighted by atomic mass is 10.2. The van der Waals surface area contributed by atoms with Crippen molar-refractivity contribution in [3.05, 3.63) is 0 Å². The van der Waals surface area contributed by atoms with Gasteiger partial charge in [0.05, 0.1) is 0 Å². The molecule has 1 radical (unpaired) electrons. The van der Waals surface area contributed by atoms with Crippen LogP contribution in [0, 0.1) is 0 Å². The number of rotatable bonds is 16. The number of hydrogen-bond donors (Lipinski definition) is 0. The average Bonchev–Trinajstić information content (AvgIpc) is 2.55. The molecule has 0 saturated carbocycles. The van der Waals surface area contributed by atoms with E-state index in [1.165, 1.54) is 31.0 Å². The first-order valence-corrected chi connectivity index (χ1v) is 11.8. The molecule has 23 heavy (non-hydrogen) atoms. The molecule has 0 amide bonds. The molecule has 0 aliphatic rings. The van der Waals surface area contributed by atoms with Gasteiger partial charge in [0, 0.05) is 30.9 Å². The molecule has 0 aliphatic carbocycles. The van der Waals surface area contributed by atoms with Crippen molar-refractivity contribution >= 4 is 26.2 Å². The van der Waals surface area contributed by atoms with E-state index in [9.17, 15) is 4.79 Å². The minimum atomic E-state index is -1.16. The Balaban J connectivity index is 3.78. The van der Waals surface area contributed by atoms with Gasteiger partial charge in [0.1, 0.15) is 0 Å². The Morgan fingerprint density at radius 1 is 0.957 bits per heavy atom. The van der Waals surface area contributed by atoms with Crippen LogP contribution in [0.15, 0.2) is 0 Å². The van der Waals surface area contributed by atoms with E-state index in [4.69, 9.17) is 8.85 Å². The topological polar surface area (TPSA) is 35.5 Å². The molecule has 3 nitrogen and oxygen atoms in total. The second-order valence-electron chi connectivity index (χ2n) is 6.09. The Morgan fingerprint density at radius 2 is 1.61 bits per heavy atom. The fraction of sp³-hybridized carbons (Fsp3) is 0.944. The van der Waals surface area contributed by atoms with Crippen molar-refractivity contribution in [2.24, 2.45) is 0 Å². The van der Waals surface area contributed by atoms with Gasteiger partial charge in [-0.3, -0.25) is 4.79 Å². The molecule has 0 aliphatic heterocycles. The molecule has 1 atom stereocenters. The summed E-state index contributed by atoms with van der Waals surface area (Å²) >= 11 is 1.51. The lowest BCUT2D eigenvalue weighted by molar-refractivity contribution is -0.111. The zero-order chi connectivity index (χ0) is 17.3. The maximum Gasteiger partial charge on any atom is 0.387 e. The van der Waals surface area contributed by atoms with Crippen LogP contribution in [0.5, 0.6) is 0 Å². The highest BCUT2D eigenvalue weighted by Gasteiger charge is 2.23. The zero-order valence-electron chi connectivity index (χ0n) is 15.7. The Kier molecular flexibility index (Phi) is 17.1. The molecule has 0 aromatic rings. The summed E-state index contributed by atoms with van der Waals surface area (Å²) in [4.78, 5) is 11.8. The van der Waals surface area contributed by atoms with E-state index in [2.05, 4.69) is 27.7 Å². The van der Waals surface area contributed by atoms with Crippen molar-refractivity contribution in [1.29, 1.82) is 0 Å². The predicted octanol–water partition coefficient (Wildman–Crippen LogP) is 5.73. The third kappa shape index (κ3) is 14.2. The zero-order valence-corrected chi connectivity index (χ0v) is 17.5. The standard InChI is InChI=1S/C18H37O3SSi/c1-5-8-9-10-13-18(19)22-16-11-12-17(4)23(20-14-6-2)21-15-7-3/h17H,5-16H2,1-4H3. The minimum Gasteiger partial charge on any atom is -0.393 e. The largest absolute Gasteiger partial charge is 0.393 e. The summed E-state index contributed by atoms with van der Waals surface area (Å²) in [5.41, 5.74) is 0.485. The van der Waals surface area contributed by atoms with Crippen LogP contribution in [0.2, 0.25) is 5.54 Å². The molecule has 0 rings (SSSR count). The highest BCUT2D eigenvalue weighted by molar-refractivity contribution is 8.13. The molecular formula is C18H37O3SSi. The van der Waals surface area contributed by atoms with Crippen LogP contribution in [0.3, 0.4) is 0 Å². The summed E-state index contributed by atoms with van der Waals surface area (Å²) in [7, 11) is -1.16. The fourth-order valence-corrected chi connectivity index (χ4v) is 4.92. The van der Waals surface area contributed by atoms with Gasteiger partial charge in [0.25, 0.3) is 0 Å². The van der Waals surface area contributed by atoms with E-state index < -0.39 is 9.28 Å². The minimum absolute atomic E-state index is 0.365. The summed E-state index contributed by atoms with van der Waals surface area (Å²) in [6, 6.07) is 0. The van der Waals surface area contributed by atoms with Crippen molar-refractivity contribution in [2.75, 3.05) is 19.0 Å². The van der Waals surface area contributed by atoms with Crippen LogP contribution < -0.4 is 0 Å². The molecular weight excluding hydrogens is 324 g/mol. The molecule has 0 aromatic carbocycles. The number of thioether (sulfide) groups is 1. The molecule has 0 saturated heterocycles. The number of unbranched alkanes of at least 4 members (excludes halogenated alkanes) is 3. The van der Waals surface area contributed by atoms with E-state index in [1.54, 1.807) is 0 Å². The first-order chi connectivity index (χ1) is 11.2. The lowest BCUT2D eigenvalue weighted by Crippen LogP contribution is -2.28. The van der Waals surface area contributed by atoms with Gasteiger partial charge in [-0.2, -0.15) is 0 Å². The number of carbonyl (C=O) groups is 1. The molecule has 5 heteroatoms. The molecule has 0 bridgehead atoms. The first-order valence-electron chi connectivity index (χ1n) is 9.43. The molecule has 0 heterocycles. The molecule has 0 N–H and O–H groups in total. The summed E-state index contributed by atoms with van der Waals surface area (Å²) in [5.74, 6) is 0.938. The lowest BCUT2D eigenvalue weighted by Gasteiger charge is -2.20. The van der Waals surface area contributed by atoms with Crippen LogP contribution in [-0.2, 0) is 13.6 Å². The second kappa shape index (κ2) is 17.0. The predicted molar refractivity (Wildman–Crippen MR) is 103 cm³/mol.